The first-order chi connectivity index (χ1) is 12.4. The molecule has 136 valence electrons. The Balaban J connectivity index is 1.91. The van der Waals surface area contributed by atoms with Gasteiger partial charge in [0.15, 0.2) is 0 Å². The number of rotatable bonds is 7. The van der Waals surface area contributed by atoms with Crippen molar-refractivity contribution in [3.63, 3.8) is 0 Å². The lowest BCUT2D eigenvalue weighted by Gasteiger charge is -2.21. The number of nitrogens with zero attached hydrogens (tertiary/aromatic N) is 1. The van der Waals surface area contributed by atoms with Gasteiger partial charge in [0.05, 0.1) is 0 Å². The molecule has 6 heteroatoms. The molecule has 0 fully saturated rings. The maximum absolute atomic E-state index is 12.6. The third-order valence-electron chi connectivity index (χ3n) is 4.00. The van der Waals surface area contributed by atoms with Gasteiger partial charge in [0.1, 0.15) is 0 Å². The summed E-state index contributed by atoms with van der Waals surface area (Å²) in [5.41, 5.74) is 7.78. The predicted molar refractivity (Wildman–Crippen MR) is 101 cm³/mol. The number of hydrogen-bond donors (Lipinski definition) is 2. The molecule has 0 saturated heterocycles. The van der Waals surface area contributed by atoms with Gasteiger partial charge < -0.3 is 16.0 Å². The molecule has 6 nitrogen and oxygen atoms in total. The molecule has 3 amide bonds. The molecule has 0 aliphatic heterocycles. The van der Waals surface area contributed by atoms with Crippen molar-refractivity contribution in [3.05, 3.63) is 65.2 Å². The predicted octanol–water partition coefficient (Wildman–Crippen LogP) is 2.58. The van der Waals surface area contributed by atoms with Crippen molar-refractivity contribution in [1.82, 2.24) is 4.90 Å². The molecule has 0 spiro atoms. The molecule has 2 rings (SSSR count). The second-order valence-corrected chi connectivity index (χ2v) is 5.99. The van der Waals surface area contributed by atoms with E-state index in [-0.39, 0.29) is 18.2 Å². The summed E-state index contributed by atoms with van der Waals surface area (Å²) in [4.78, 5) is 37.4. The van der Waals surface area contributed by atoms with Crippen LogP contribution >= 0.6 is 0 Å². The van der Waals surface area contributed by atoms with Crippen LogP contribution in [0, 0.1) is 6.92 Å². The monoisotopic (exact) mass is 353 g/mol. The average Bonchev–Trinajstić information content (AvgIpc) is 2.62. The highest BCUT2D eigenvalue weighted by molar-refractivity contribution is 5.96. The average molecular weight is 353 g/mol. The number of primary amides is 1. The summed E-state index contributed by atoms with van der Waals surface area (Å²) in [6.07, 6.45) is 0.183. The number of anilines is 1. The minimum absolute atomic E-state index is 0.0881. The van der Waals surface area contributed by atoms with E-state index in [1.807, 2.05) is 32.0 Å². The first kappa shape index (κ1) is 19.2. The van der Waals surface area contributed by atoms with E-state index < -0.39 is 5.91 Å². The Bertz CT molecular complexity index is 800. The van der Waals surface area contributed by atoms with Gasteiger partial charge in [-0.05, 0) is 50.2 Å². The minimum Gasteiger partial charge on any atom is -0.366 e. The number of carbonyl (C=O) groups is 3. The molecule has 2 aromatic rings. The highest BCUT2D eigenvalue weighted by Gasteiger charge is 2.15. The van der Waals surface area contributed by atoms with E-state index in [2.05, 4.69) is 5.32 Å². The van der Waals surface area contributed by atoms with Gasteiger partial charge in [0.25, 0.3) is 5.91 Å². The molecule has 0 bridgehead atoms. The molecular formula is C20H23N3O3. The van der Waals surface area contributed by atoms with E-state index in [1.165, 1.54) is 0 Å². The van der Waals surface area contributed by atoms with Gasteiger partial charge in [-0.2, -0.15) is 0 Å². The summed E-state index contributed by atoms with van der Waals surface area (Å²) < 4.78 is 0. The molecule has 0 aliphatic carbocycles. The zero-order valence-corrected chi connectivity index (χ0v) is 15.0. The van der Waals surface area contributed by atoms with Gasteiger partial charge in [0.2, 0.25) is 11.8 Å². The molecule has 0 radical (unpaired) electrons. The topological polar surface area (TPSA) is 92.5 Å². The van der Waals surface area contributed by atoms with Crippen LogP contribution in [-0.2, 0) is 4.79 Å². The Kier molecular flexibility index (Phi) is 6.49. The minimum atomic E-state index is -0.517. The third-order valence-corrected chi connectivity index (χ3v) is 4.00. The lowest BCUT2D eigenvalue weighted by atomic mass is 10.1. The zero-order valence-electron chi connectivity index (χ0n) is 15.0. The fourth-order valence-electron chi connectivity index (χ4n) is 2.54. The Morgan fingerprint density at radius 2 is 1.73 bits per heavy atom. The molecule has 26 heavy (non-hydrogen) atoms. The maximum Gasteiger partial charge on any atom is 0.253 e. The Labute approximate surface area is 153 Å². The highest BCUT2D eigenvalue weighted by atomic mass is 16.2. The second kappa shape index (κ2) is 8.80. The van der Waals surface area contributed by atoms with Gasteiger partial charge in [0, 0.05) is 36.3 Å². The van der Waals surface area contributed by atoms with Crippen LogP contribution in [0.25, 0.3) is 0 Å². The molecular weight excluding hydrogens is 330 g/mol. The molecule has 0 unspecified atom stereocenters. The van der Waals surface area contributed by atoms with Crippen molar-refractivity contribution in [1.29, 1.82) is 0 Å². The molecule has 3 N–H and O–H groups in total. The number of carbonyl (C=O) groups excluding carboxylic acids is 3. The number of benzene rings is 2. The molecule has 0 atom stereocenters. The van der Waals surface area contributed by atoms with E-state index in [0.717, 1.165) is 5.56 Å². The zero-order chi connectivity index (χ0) is 19.1. The third kappa shape index (κ3) is 5.17. The second-order valence-electron chi connectivity index (χ2n) is 5.99. The number of amides is 3. The van der Waals surface area contributed by atoms with Crippen LogP contribution in [0.2, 0.25) is 0 Å². The fraction of sp³-hybridized carbons (Fsp3) is 0.250. The van der Waals surface area contributed by atoms with Gasteiger partial charge in [-0.15, -0.1) is 0 Å². The normalized spacial score (nSPS) is 10.2. The summed E-state index contributed by atoms with van der Waals surface area (Å²) >= 11 is 0. The van der Waals surface area contributed by atoms with Crippen LogP contribution < -0.4 is 11.1 Å². The number of nitrogens with one attached hydrogen (secondary N) is 1. The highest BCUT2D eigenvalue weighted by Crippen LogP contribution is 2.11. The largest absolute Gasteiger partial charge is 0.366 e. The van der Waals surface area contributed by atoms with E-state index in [9.17, 15) is 14.4 Å². The summed E-state index contributed by atoms with van der Waals surface area (Å²) in [6, 6.07) is 13.7. The van der Waals surface area contributed by atoms with Crippen molar-refractivity contribution in [2.24, 2.45) is 5.73 Å². The Morgan fingerprint density at radius 3 is 2.31 bits per heavy atom. The smallest absolute Gasteiger partial charge is 0.253 e. The summed E-state index contributed by atoms with van der Waals surface area (Å²) in [5.74, 6) is -0.807. The molecule has 0 aliphatic rings. The molecule has 0 heterocycles. The summed E-state index contributed by atoms with van der Waals surface area (Å²) in [7, 11) is 0. The van der Waals surface area contributed by atoms with Crippen molar-refractivity contribution < 1.29 is 14.4 Å². The quantitative estimate of drug-likeness (QED) is 0.801. The van der Waals surface area contributed by atoms with E-state index in [4.69, 9.17) is 5.73 Å². The molecule has 0 aromatic heterocycles. The van der Waals surface area contributed by atoms with Crippen molar-refractivity contribution in [2.45, 2.75) is 20.3 Å². The maximum atomic E-state index is 12.6. The fourth-order valence-corrected chi connectivity index (χ4v) is 2.54. The standard InChI is InChI=1S/C20H23N3O3/c1-3-23(20(26)16-6-4-5-14(2)13-16)12-11-18(24)22-17-9-7-15(8-10-17)19(21)25/h4-10,13H,3,11-12H2,1-2H3,(H2,21,25)(H,22,24). The molecule has 0 saturated carbocycles. The summed E-state index contributed by atoms with van der Waals surface area (Å²) in [6.45, 7) is 4.67. The van der Waals surface area contributed by atoms with Crippen LogP contribution in [-0.4, -0.2) is 35.7 Å². The number of nitrogens with two attached hydrogens (primary N) is 1. The Morgan fingerprint density at radius 1 is 1.04 bits per heavy atom. The van der Waals surface area contributed by atoms with Crippen LogP contribution in [0.1, 0.15) is 39.6 Å². The number of hydrogen-bond acceptors (Lipinski definition) is 3. The van der Waals surface area contributed by atoms with Gasteiger partial charge in [-0.25, -0.2) is 0 Å². The summed E-state index contributed by atoms with van der Waals surface area (Å²) in [5, 5.41) is 2.75. The SMILES string of the molecule is CCN(CCC(=O)Nc1ccc(C(N)=O)cc1)C(=O)c1cccc(C)c1. The Hall–Kier alpha value is -3.15. The first-order valence-corrected chi connectivity index (χ1v) is 8.46. The van der Waals surface area contributed by atoms with Gasteiger partial charge in [-0.1, -0.05) is 17.7 Å². The lowest BCUT2D eigenvalue weighted by Crippen LogP contribution is -2.33. The van der Waals surface area contributed by atoms with Crippen molar-refractivity contribution >= 4 is 23.4 Å². The van der Waals surface area contributed by atoms with Gasteiger partial charge >= 0.3 is 0 Å². The van der Waals surface area contributed by atoms with Crippen molar-refractivity contribution in [3.8, 4) is 0 Å². The first-order valence-electron chi connectivity index (χ1n) is 8.46. The van der Waals surface area contributed by atoms with Crippen LogP contribution in [0.3, 0.4) is 0 Å². The van der Waals surface area contributed by atoms with Gasteiger partial charge in [-0.3, -0.25) is 14.4 Å². The van der Waals surface area contributed by atoms with Crippen LogP contribution in [0.4, 0.5) is 5.69 Å². The van der Waals surface area contributed by atoms with Crippen LogP contribution in [0.15, 0.2) is 48.5 Å². The van der Waals surface area contributed by atoms with Crippen molar-refractivity contribution in [2.75, 3.05) is 18.4 Å². The van der Waals surface area contributed by atoms with E-state index >= 15 is 0 Å². The van der Waals surface area contributed by atoms with E-state index in [0.29, 0.717) is 29.9 Å². The molecule has 2 aromatic carbocycles. The lowest BCUT2D eigenvalue weighted by molar-refractivity contribution is -0.116. The van der Waals surface area contributed by atoms with E-state index in [1.54, 1.807) is 35.2 Å². The number of aryl methyl sites for hydroxylation is 1. The van der Waals surface area contributed by atoms with Crippen LogP contribution in [0.5, 0.6) is 0 Å².